The van der Waals surface area contributed by atoms with Crippen molar-refractivity contribution in [1.29, 1.82) is 0 Å². The number of thiazole rings is 1. The number of pyridine rings is 1. The Morgan fingerprint density at radius 1 is 1.11 bits per heavy atom. The normalized spacial score (nSPS) is 11.4. The van der Waals surface area contributed by atoms with Crippen LogP contribution in [0, 0.1) is 0 Å². The van der Waals surface area contributed by atoms with Gasteiger partial charge in [-0.15, -0.1) is 11.3 Å². The molecule has 2 N–H and O–H groups in total. The number of halogens is 1. The van der Waals surface area contributed by atoms with Gasteiger partial charge in [0, 0.05) is 43.2 Å². The Labute approximate surface area is 174 Å². The summed E-state index contributed by atoms with van der Waals surface area (Å²) in [5.74, 6) is 0.822. The van der Waals surface area contributed by atoms with Crippen LogP contribution in [0.4, 0.5) is 0 Å². The van der Waals surface area contributed by atoms with Gasteiger partial charge in [0.2, 0.25) is 0 Å². The summed E-state index contributed by atoms with van der Waals surface area (Å²) in [6, 6.07) is 14.1. The van der Waals surface area contributed by atoms with Crippen molar-refractivity contribution in [2.75, 3.05) is 19.6 Å². The van der Waals surface area contributed by atoms with Crippen LogP contribution in [0.2, 0.25) is 5.15 Å². The van der Waals surface area contributed by atoms with E-state index in [0.717, 1.165) is 53.7 Å². The lowest BCUT2D eigenvalue weighted by Gasteiger charge is -2.11. The van der Waals surface area contributed by atoms with Gasteiger partial charge in [-0.05, 0) is 25.0 Å². The molecule has 1 aromatic carbocycles. The maximum absolute atomic E-state index is 5.82. The molecule has 3 rings (SSSR count). The Kier molecular flexibility index (Phi) is 7.82. The molecule has 2 heterocycles. The van der Waals surface area contributed by atoms with Gasteiger partial charge in [-0.1, -0.05) is 48.0 Å². The van der Waals surface area contributed by atoms with Crippen molar-refractivity contribution in [3.05, 3.63) is 70.5 Å². The zero-order valence-electron chi connectivity index (χ0n) is 15.9. The lowest BCUT2D eigenvalue weighted by atomic mass is 10.2. The van der Waals surface area contributed by atoms with Crippen LogP contribution in [0.15, 0.2) is 59.0 Å². The number of aliphatic imine (C=N–C) groups is 1. The number of hydrogen-bond acceptors (Lipinski definition) is 4. The van der Waals surface area contributed by atoms with Crippen molar-refractivity contribution in [3.63, 3.8) is 0 Å². The van der Waals surface area contributed by atoms with Crippen LogP contribution in [-0.4, -0.2) is 35.6 Å². The fourth-order valence-corrected chi connectivity index (χ4v) is 3.61. The smallest absolute Gasteiger partial charge is 0.191 e. The van der Waals surface area contributed by atoms with E-state index in [9.17, 15) is 0 Å². The Morgan fingerprint density at radius 2 is 1.96 bits per heavy atom. The average molecular weight is 414 g/mol. The molecular formula is C21H24ClN5S. The standard InChI is InChI=1S/C21H24ClN5S/c1-2-23-21(24-12-10-16-8-9-19(22)26-14-16)25-13-11-18-15-28-20(27-18)17-6-4-3-5-7-17/h3-9,14-15H,2,10-13H2,1H3,(H2,23,24,25). The van der Waals surface area contributed by atoms with Crippen LogP contribution < -0.4 is 10.6 Å². The SMILES string of the molecule is CCNC(=NCCc1csc(-c2ccccc2)n1)NCCc1ccc(Cl)nc1. The number of benzene rings is 1. The zero-order valence-corrected chi connectivity index (χ0v) is 17.4. The summed E-state index contributed by atoms with van der Waals surface area (Å²) in [5.41, 5.74) is 3.38. The first-order valence-electron chi connectivity index (χ1n) is 9.37. The van der Waals surface area contributed by atoms with Gasteiger partial charge < -0.3 is 10.6 Å². The zero-order chi connectivity index (χ0) is 19.6. The quantitative estimate of drug-likeness (QED) is 0.330. The molecule has 5 nitrogen and oxygen atoms in total. The predicted molar refractivity (Wildman–Crippen MR) is 118 cm³/mol. The van der Waals surface area contributed by atoms with Gasteiger partial charge in [0.05, 0.1) is 5.69 Å². The van der Waals surface area contributed by atoms with E-state index in [-0.39, 0.29) is 0 Å². The van der Waals surface area contributed by atoms with Gasteiger partial charge in [0.25, 0.3) is 0 Å². The third-order valence-electron chi connectivity index (χ3n) is 4.05. The monoisotopic (exact) mass is 413 g/mol. The Bertz CT molecular complexity index is 877. The molecule has 0 fully saturated rings. The van der Waals surface area contributed by atoms with Crippen LogP contribution in [0.3, 0.4) is 0 Å². The van der Waals surface area contributed by atoms with Crippen LogP contribution >= 0.6 is 22.9 Å². The lowest BCUT2D eigenvalue weighted by Crippen LogP contribution is -2.38. The van der Waals surface area contributed by atoms with Crippen molar-refractivity contribution in [3.8, 4) is 10.6 Å². The molecule has 0 radical (unpaired) electrons. The van der Waals surface area contributed by atoms with Crippen LogP contribution in [-0.2, 0) is 12.8 Å². The fourth-order valence-electron chi connectivity index (χ4n) is 2.64. The predicted octanol–water partition coefficient (Wildman–Crippen LogP) is 4.20. The van der Waals surface area contributed by atoms with E-state index < -0.39 is 0 Å². The molecular weight excluding hydrogens is 390 g/mol. The molecule has 3 aromatic rings. The Morgan fingerprint density at radius 3 is 2.71 bits per heavy atom. The molecule has 0 aliphatic rings. The highest BCUT2D eigenvalue weighted by Gasteiger charge is 2.04. The molecule has 0 spiro atoms. The van der Waals surface area contributed by atoms with E-state index in [1.54, 1.807) is 17.5 Å². The third kappa shape index (κ3) is 6.32. The summed E-state index contributed by atoms with van der Waals surface area (Å²) in [6.07, 6.45) is 3.49. The van der Waals surface area contributed by atoms with E-state index in [0.29, 0.717) is 11.7 Å². The second-order valence-electron chi connectivity index (χ2n) is 6.19. The van der Waals surface area contributed by atoms with Crippen molar-refractivity contribution < 1.29 is 0 Å². The summed E-state index contributed by atoms with van der Waals surface area (Å²) in [5, 5.41) is 10.3. The molecule has 0 aliphatic carbocycles. The minimum absolute atomic E-state index is 0.518. The maximum Gasteiger partial charge on any atom is 0.191 e. The highest BCUT2D eigenvalue weighted by Crippen LogP contribution is 2.23. The van der Waals surface area contributed by atoms with E-state index >= 15 is 0 Å². The molecule has 0 bridgehead atoms. The number of aromatic nitrogens is 2. The van der Waals surface area contributed by atoms with Gasteiger partial charge >= 0.3 is 0 Å². The highest BCUT2D eigenvalue weighted by atomic mass is 35.5. The summed E-state index contributed by atoms with van der Waals surface area (Å²) in [4.78, 5) is 13.5. The average Bonchev–Trinajstić information content (AvgIpc) is 3.19. The summed E-state index contributed by atoms with van der Waals surface area (Å²) < 4.78 is 0. The van der Waals surface area contributed by atoms with Gasteiger partial charge in [-0.3, -0.25) is 4.99 Å². The number of nitrogens with one attached hydrogen (secondary N) is 2. The number of nitrogens with zero attached hydrogens (tertiary/aromatic N) is 3. The summed E-state index contributed by atoms with van der Waals surface area (Å²) >= 11 is 7.50. The third-order valence-corrected chi connectivity index (χ3v) is 5.21. The second-order valence-corrected chi connectivity index (χ2v) is 7.43. The summed E-state index contributed by atoms with van der Waals surface area (Å²) in [7, 11) is 0. The lowest BCUT2D eigenvalue weighted by molar-refractivity contribution is 0.793. The summed E-state index contributed by atoms with van der Waals surface area (Å²) in [6.45, 7) is 4.36. The molecule has 7 heteroatoms. The van der Waals surface area contributed by atoms with E-state index in [4.69, 9.17) is 16.6 Å². The molecule has 2 aromatic heterocycles. The molecule has 146 valence electrons. The number of rotatable bonds is 8. The minimum atomic E-state index is 0.518. The second kappa shape index (κ2) is 10.8. The number of guanidine groups is 1. The van der Waals surface area contributed by atoms with E-state index in [1.807, 2.05) is 30.3 Å². The van der Waals surface area contributed by atoms with Gasteiger partial charge in [0.1, 0.15) is 10.2 Å². The van der Waals surface area contributed by atoms with Gasteiger partial charge in [-0.2, -0.15) is 0 Å². The Hall–Kier alpha value is -2.44. The highest BCUT2D eigenvalue weighted by molar-refractivity contribution is 7.13. The number of hydrogen-bond donors (Lipinski definition) is 2. The molecule has 0 saturated heterocycles. The molecule has 0 atom stereocenters. The maximum atomic E-state index is 5.82. The molecule has 0 aliphatic heterocycles. The van der Waals surface area contributed by atoms with Crippen LogP contribution in [0.5, 0.6) is 0 Å². The fraction of sp³-hybridized carbons (Fsp3) is 0.286. The molecule has 0 amide bonds. The first-order chi connectivity index (χ1) is 13.7. The van der Waals surface area contributed by atoms with Crippen molar-refractivity contribution in [2.45, 2.75) is 19.8 Å². The van der Waals surface area contributed by atoms with E-state index in [2.05, 4.69) is 45.0 Å². The van der Waals surface area contributed by atoms with Gasteiger partial charge in [0.15, 0.2) is 5.96 Å². The van der Waals surface area contributed by atoms with Crippen LogP contribution in [0.1, 0.15) is 18.2 Å². The van der Waals surface area contributed by atoms with Crippen molar-refractivity contribution >= 4 is 28.9 Å². The topological polar surface area (TPSA) is 62.2 Å². The molecule has 28 heavy (non-hydrogen) atoms. The van der Waals surface area contributed by atoms with Crippen molar-refractivity contribution in [2.24, 2.45) is 4.99 Å². The molecule has 0 unspecified atom stereocenters. The minimum Gasteiger partial charge on any atom is -0.357 e. The Balaban J connectivity index is 1.49. The van der Waals surface area contributed by atoms with Crippen molar-refractivity contribution in [1.82, 2.24) is 20.6 Å². The molecule has 0 saturated carbocycles. The first-order valence-corrected chi connectivity index (χ1v) is 10.6. The largest absolute Gasteiger partial charge is 0.357 e. The van der Waals surface area contributed by atoms with E-state index in [1.165, 1.54) is 0 Å². The van der Waals surface area contributed by atoms with Crippen LogP contribution in [0.25, 0.3) is 10.6 Å². The van der Waals surface area contributed by atoms with Gasteiger partial charge in [-0.25, -0.2) is 9.97 Å². The first kappa shape index (κ1) is 20.3.